The number of amides is 1. The number of methoxy groups -OCH3 is 1. The number of carbonyl (C=O) groups is 1. The van der Waals surface area contributed by atoms with Gasteiger partial charge in [-0.2, -0.15) is 4.68 Å². The minimum atomic E-state index is -0.248. The number of nitrogens with zero attached hydrogens (tertiary/aromatic N) is 5. The Bertz CT molecular complexity index is 1270. The Morgan fingerprint density at radius 1 is 1.14 bits per heavy atom. The molecule has 3 heterocycles. The van der Waals surface area contributed by atoms with Crippen molar-refractivity contribution in [2.75, 3.05) is 27.5 Å². The molecule has 3 aliphatic rings. The zero-order valence-electron chi connectivity index (χ0n) is 20.6. The van der Waals surface area contributed by atoms with Crippen LogP contribution in [0.25, 0.3) is 5.69 Å². The van der Waals surface area contributed by atoms with Crippen LogP contribution in [0.5, 0.6) is 17.2 Å². The fourth-order valence-corrected chi connectivity index (χ4v) is 5.58. The van der Waals surface area contributed by atoms with E-state index in [4.69, 9.17) is 14.2 Å². The molecule has 1 unspecified atom stereocenters. The number of benzene rings is 2. The van der Waals surface area contributed by atoms with Crippen LogP contribution >= 0.6 is 0 Å². The van der Waals surface area contributed by atoms with Gasteiger partial charge in [0.2, 0.25) is 12.5 Å². The van der Waals surface area contributed by atoms with Crippen molar-refractivity contribution in [2.45, 2.75) is 50.6 Å². The van der Waals surface area contributed by atoms with Crippen LogP contribution in [0.4, 0.5) is 0 Å². The molecular formula is C26H30N6O4. The summed E-state index contributed by atoms with van der Waals surface area (Å²) >= 11 is 0. The maximum atomic E-state index is 12.8. The molecule has 1 fully saturated rings. The van der Waals surface area contributed by atoms with Gasteiger partial charge < -0.3 is 19.5 Å². The number of aromatic nitrogens is 4. The van der Waals surface area contributed by atoms with Gasteiger partial charge in [0.1, 0.15) is 6.04 Å². The van der Waals surface area contributed by atoms with Crippen LogP contribution in [0, 0.1) is 0 Å². The molecule has 2 aromatic carbocycles. The normalized spacial score (nSPS) is 19.7. The summed E-state index contributed by atoms with van der Waals surface area (Å²) < 4.78 is 18.9. The van der Waals surface area contributed by atoms with Crippen molar-refractivity contribution in [1.82, 2.24) is 30.4 Å². The SMILES string of the molecule is COc1c2c(cc3c1C(c1nnnn1-c1ccc(C(=O)NC4CCCCC4)cc1)N(C)CC3)OCO2. The molecule has 188 valence electrons. The second-order valence-corrected chi connectivity index (χ2v) is 9.65. The van der Waals surface area contributed by atoms with Gasteiger partial charge in [0.15, 0.2) is 17.3 Å². The predicted octanol–water partition coefficient (Wildman–Crippen LogP) is 3.04. The molecular weight excluding hydrogens is 460 g/mol. The molecule has 1 atom stereocenters. The van der Waals surface area contributed by atoms with Crippen molar-refractivity contribution in [3.63, 3.8) is 0 Å². The number of hydrogen-bond donors (Lipinski definition) is 1. The minimum absolute atomic E-state index is 0.0351. The van der Waals surface area contributed by atoms with Gasteiger partial charge in [0.25, 0.3) is 5.91 Å². The van der Waals surface area contributed by atoms with Crippen molar-refractivity contribution in [3.05, 3.63) is 52.8 Å². The van der Waals surface area contributed by atoms with Gasteiger partial charge >= 0.3 is 0 Å². The Morgan fingerprint density at radius 2 is 1.94 bits per heavy atom. The summed E-state index contributed by atoms with van der Waals surface area (Å²) in [5, 5.41) is 15.9. The van der Waals surface area contributed by atoms with Crippen molar-refractivity contribution in [2.24, 2.45) is 0 Å². The van der Waals surface area contributed by atoms with Gasteiger partial charge in [0, 0.05) is 23.7 Å². The third-order valence-corrected chi connectivity index (χ3v) is 7.45. The van der Waals surface area contributed by atoms with E-state index < -0.39 is 0 Å². The van der Waals surface area contributed by atoms with Crippen LogP contribution in [0.2, 0.25) is 0 Å². The first-order valence-corrected chi connectivity index (χ1v) is 12.5. The highest BCUT2D eigenvalue weighted by atomic mass is 16.7. The molecule has 1 N–H and O–H groups in total. The Labute approximate surface area is 209 Å². The number of fused-ring (bicyclic) bond motifs is 2. The summed E-state index contributed by atoms with van der Waals surface area (Å²) in [5.74, 6) is 2.60. The van der Waals surface area contributed by atoms with E-state index in [1.54, 1.807) is 11.8 Å². The molecule has 0 radical (unpaired) electrons. The monoisotopic (exact) mass is 490 g/mol. The highest BCUT2D eigenvalue weighted by Crippen LogP contribution is 2.50. The lowest BCUT2D eigenvalue weighted by atomic mass is 9.90. The molecule has 1 aromatic heterocycles. The lowest BCUT2D eigenvalue weighted by molar-refractivity contribution is 0.0927. The van der Waals surface area contributed by atoms with Crippen LogP contribution in [0.15, 0.2) is 30.3 Å². The van der Waals surface area contributed by atoms with Gasteiger partial charge in [-0.3, -0.25) is 9.69 Å². The minimum Gasteiger partial charge on any atom is -0.492 e. The molecule has 36 heavy (non-hydrogen) atoms. The number of ether oxygens (including phenoxy) is 3. The number of hydrogen-bond acceptors (Lipinski definition) is 8. The highest BCUT2D eigenvalue weighted by Gasteiger charge is 2.37. The summed E-state index contributed by atoms with van der Waals surface area (Å²) in [5.41, 5.74) is 3.52. The summed E-state index contributed by atoms with van der Waals surface area (Å²) in [6, 6.07) is 9.49. The molecule has 1 amide bonds. The quantitative estimate of drug-likeness (QED) is 0.582. The van der Waals surface area contributed by atoms with Gasteiger partial charge in [-0.05, 0) is 72.6 Å². The second kappa shape index (κ2) is 9.42. The van der Waals surface area contributed by atoms with Crippen LogP contribution in [-0.2, 0) is 6.42 Å². The van der Waals surface area contributed by atoms with Gasteiger partial charge in [0.05, 0.1) is 12.8 Å². The number of nitrogens with one attached hydrogen (secondary N) is 1. The fourth-order valence-electron chi connectivity index (χ4n) is 5.58. The maximum absolute atomic E-state index is 12.8. The molecule has 0 saturated heterocycles. The molecule has 6 rings (SSSR count). The standard InChI is InChI=1S/C26H30N6O4/c1-31-13-12-17-14-20-23(36-15-35-20)24(34-2)21(17)22(31)25-28-29-30-32(25)19-10-8-16(9-11-19)26(33)27-18-6-4-3-5-7-18/h8-11,14,18,22H,3-7,12-13,15H2,1-2H3,(H,27,33). The molecule has 2 aliphatic heterocycles. The number of carbonyl (C=O) groups excluding carboxylic acids is 1. The number of rotatable bonds is 5. The van der Waals surface area contributed by atoms with E-state index in [1.165, 1.54) is 19.3 Å². The fraction of sp³-hybridized carbons (Fsp3) is 0.462. The van der Waals surface area contributed by atoms with Crippen molar-refractivity contribution in [1.29, 1.82) is 0 Å². The van der Waals surface area contributed by atoms with Crippen molar-refractivity contribution in [3.8, 4) is 22.9 Å². The Kier molecular flexibility index (Phi) is 5.96. The van der Waals surface area contributed by atoms with Crippen LogP contribution in [0.1, 0.15) is 65.5 Å². The maximum Gasteiger partial charge on any atom is 0.251 e. The summed E-state index contributed by atoms with van der Waals surface area (Å²) in [4.78, 5) is 15.0. The molecule has 1 aliphatic carbocycles. The molecule has 1 saturated carbocycles. The van der Waals surface area contributed by atoms with Crippen molar-refractivity contribution < 1.29 is 19.0 Å². The van der Waals surface area contributed by atoms with Crippen LogP contribution < -0.4 is 19.5 Å². The number of likely N-dealkylation sites (N-methyl/N-ethyl adjacent to an activating group) is 1. The first-order valence-electron chi connectivity index (χ1n) is 12.5. The van der Waals surface area contributed by atoms with Crippen molar-refractivity contribution >= 4 is 5.91 Å². The molecule has 10 heteroatoms. The highest BCUT2D eigenvalue weighted by molar-refractivity contribution is 5.94. The van der Waals surface area contributed by atoms with E-state index in [0.29, 0.717) is 28.6 Å². The summed E-state index contributed by atoms with van der Waals surface area (Å²) in [7, 11) is 3.69. The Balaban J connectivity index is 1.32. The second-order valence-electron chi connectivity index (χ2n) is 9.65. The van der Waals surface area contributed by atoms with E-state index in [2.05, 4.69) is 32.8 Å². The topological polar surface area (TPSA) is 104 Å². The molecule has 10 nitrogen and oxygen atoms in total. The average molecular weight is 491 g/mol. The van der Waals surface area contributed by atoms with Gasteiger partial charge in [-0.25, -0.2) is 0 Å². The average Bonchev–Trinajstić information content (AvgIpc) is 3.58. The number of tetrazole rings is 1. The Hall–Kier alpha value is -3.66. The van der Waals surface area contributed by atoms with E-state index >= 15 is 0 Å². The molecule has 0 bridgehead atoms. The van der Waals surface area contributed by atoms with E-state index in [-0.39, 0.29) is 24.8 Å². The Morgan fingerprint density at radius 3 is 2.72 bits per heavy atom. The third kappa shape index (κ3) is 3.95. The zero-order chi connectivity index (χ0) is 24.6. The van der Waals surface area contributed by atoms with E-state index in [0.717, 1.165) is 42.6 Å². The predicted molar refractivity (Wildman–Crippen MR) is 131 cm³/mol. The lowest BCUT2D eigenvalue weighted by Crippen LogP contribution is -2.36. The first kappa shape index (κ1) is 22.8. The van der Waals surface area contributed by atoms with E-state index in [1.807, 2.05) is 30.3 Å². The smallest absolute Gasteiger partial charge is 0.251 e. The molecule has 0 spiro atoms. The van der Waals surface area contributed by atoms with Gasteiger partial charge in [-0.1, -0.05) is 19.3 Å². The zero-order valence-corrected chi connectivity index (χ0v) is 20.6. The van der Waals surface area contributed by atoms with E-state index in [9.17, 15) is 4.79 Å². The first-order chi connectivity index (χ1) is 17.6. The van der Waals surface area contributed by atoms with Crippen LogP contribution in [-0.4, -0.2) is 64.6 Å². The largest absolute Gasteiger partial charge is 0.492 e. The molecule has 3 aromatic rings. The summed E-state index contributed by atoms with van der Waals surface area (Å²) in [6.07, 6.45) is 6.57. The van der Waals surface area contributed by atoms with Gasteiger partial charge in [-0.15, -0.1) is 5.10 Å². The lowest BCUT2D eigenvalue weighted by Gasteiger charge is -2.34. The summed E-state index contributed by atoms with van der Waals surface area (Å²) in [6.45, 7) is 1.00. The third-order valence-electron chi connectivity index (χ3n) is 7.45. The van der Waals surface area contributed by atoms with Crippen LogP contribution in [0.3, 0.4) is 0 Å².